The fourth-order valence-corrected chi connectivity index (χ4v) is 4.20. The molecule has 1 aromatic carbocycles. The van der Waals surface area contributed by atoms with Crippen LogP contribution in [0.15, 0.2) is 23.1 Å². The Labute approximate surface area is 127 Å². The van der Waals surface area contributed by atoms with Gasteiger partial charge in [-0.25, -0.2) is 12.7 Å². The molecule has 104 valence electrons. The zero-order chi connectivity index (χ0) is 14.2. The smallest absolute Gasteiger partial charge is 0.268 e. The van der Waals surface area contributed by atoms with E-state index in [2.05, 4.69) is 36.4 Å². The highest BCUT2D eigenvalue weighted by molar-refractivity contribution is 14.1. The van der Waals surface area contributed by atoms with E-state index in [0.29, 0.717) is 17.9 Å². The van der Waals surface area contributed by atoms with Crippen LogP contribution in [0.5, 0.6) is 0 Å². The number of benzene rings is 1. The van der Waals surface area contributed by atoms with E-state index in [4.69, 9.17) is 0 Å². The van der Waals surface area contributed by atoms with Gasteiger partial charge in [0.15, 0.2) is 0 Å². The summed E-state index contributed by atoms with van der Waals surface area (Å²) in [6, 6.07) is 4.87. The maximum atomic E-state index is 12.3. The number of carbonyl (C=O) groups is 1. The number of sulfonamides is 1. The van der Waals surface area contributed by atoms with Crippen molar-refractivity contribution in [3.63, 3.8) is 0 Å². The lowest BCUT2D eigenvalue weighted by molar-refractivity contribution is 0.0868. The Kier molecular flexibility index (Phi) is 4.20. The first-order valence-corrected chi connectivity index (χ1v) is 8.72. The van der Waals surface area contributed by atoms with Gasteiger partial charge in [0, 0.05) is 10.1 Å². The molecule has 6 heteroatoms. The van der Waals surface area contributed by atoms with Crippen molar-refractivity contribution in [2.45, 2.75) is 31.6 Å². The molecule has 0 bridgehead atoms. The number of fused-ring (bicyclic) bond motifs is 1. The Morgan fingerprint density at radius 2 is 2.00 bits per heavy atom. The number of halogens is 1. The highest BCUT2D eigenvalue weighted by Gasteiger charge is 2.40. The number of rotatable bonds is 4. The van der Waals surface area contributed by atoms with E-state index in [9.17, 15) is 13.2 Å². The predicted molar refractivity (Wildman–Crippen MR) is 81.5 cm³/mol. The highest BCUT2D eigenvalue weighted by Crippen LogP contribution is 2.31. The lowest BCUT2D eigenvalue weighted by Crippen LogP contribution is -2.31. The summed E-state index contributed by atoms with van der Waals surface area (Å²) in [6.07, 6.45) is 1.61. The van der Waals surface area contributed by atoms with Crippen LogP contribution in [0.4, 0.5) is 0 Å². The van der Waals surface area contributed by atoms with Gasteiger partial charge in [-0.05, 0) is 59.5 Å². The second-order valence-corrected chi connectivity index (χ2v) is 8.14. The van der Waals surface area contributed by atoms with Gasteiger partial charge in [0.1, 0.15) is 4.90 Å². The van der Waals surface area contributed by atoms with Gasteiger partial charge in [-0.1, -0.05) is 13.8 Å². The van der Waals surface area contributed by atoms with Crippen LogP contribution in [0, 0.1) is 9.49 Å². The van der Waals surface area contributed by atoms with Crippen LogP contribution in [0.3, 0.4) is 0 Å². The maximum absolute atomic E-state index is 12.3. The summed E-state index contributed by atoms with van der Waals surface area (Å²) in [5, 5.41) is 0. The molecule has 0 spiro atoms. The molecule has 1 amide bonds. The molecule has 0 saturated carbocycles. The minimum Gasteiger partial charge on any atom is -0.268 e. The highest BCUT2D eigenvalue weighted by atomic mass is 127. The lowest BCUT2D eigenvalue weighted by atomic mass is 10.1. The van der Waals surface area contributed by atoms with Crippen molar-refractivity contribution < 1.29 is 13.2 Å². The van der Waals surface area contributed by atoms with E-state index >= 15 is 0 Å². The average Bonchev–Trinajstić information content (AvgIpc) is 2.49. The van der Waals surface area contributed by atoms with Gasteiger partial charge in [0.05, 0.1) is 5.56 Å². The summed E-state index contributed by atoms with van der Waals surface area (Å²) in [5.41, 5.74) is 0.302. The molecule has 0 aromatic heterocycles. The lowest BCUT2D eigenvalue weighted by Gasteiger charge is -2.15. The molecule has 0 radical (unpaired) electrons. The molecule has 1 heterocycles. The second kappa shape index (κ2) is 5.40. The number of hydrogen-bond acceptors (Lipinski definition) is 3. The van der Waals surface area contributed by atoms with Gasteiger partial charge in [0.2, 0.25) is 0 Å². The van der Waals surface area contributed by atoms with Crippen LogP contribution >= 0.6 is 22.6 Å². The van der Waals surface area contributed by atoms with Crippen molar-refractivity contribution in [3.05, 3.63) is 27.3 Å². The Morgan fingerprint density at radius 1 is 1.32 bits per heavy atom. The van der Waals surface area contributed by atoms with E-state index in [1.54, 1.807) is 12.1 Å². The quantitative estimate of drug-likeness (QED) is 0.740. The van der Waals surface area contributed by atoms with Gasteiger partial charge in [0.25, 0.3) is 15.9 Å². The largest absolute Gasteiger partial charge is 0.269 e. The Bertz CT molecular complexity index is 610. The fraction of sp³-hybridized carbons (Fsp3) is 0.462. The van der Waals surface area contributed by atoms with Crippen molar-refractivity contribution in [2.24, 2.45) is 5.92 Å². The van der Waals surface area contributed by atoms with Crippen molar-refractivity contribution in [1.29, 1.82) is 0 Å². The monoisotopic (exact) mass is 393 g/mol. The summed E-state index contributed by atoms with van der Waals surface area (Å²) < 4.78 is 26.4. The number of nitrogens with zero attached hydrogens (tertiary/aromatic N) is 1. The predicted octanol–water partition coefficient (Wildman–Crippen LogP) is 2.87. The number of amides is 1. The van der Waals surface area contributed by atoms with Crippen molar-refractivity contribution in [2.75, 3.05) is 6.54 Å². The minimum atomic E-state index is -3.63. The van der Waals surface area contributed by atoms with Gasteiger partial charge < -0.3 is 0 Å². The van der Waals surface area contributed by atoms with E-state index in [1.165, 1.54) is 6.07 Å². The maximum Gasteiger partial charge on any atom is 0.269 e. The molecule has 4 nitrogen and oxygen atoms in total. The first kappa shape index (κ1) is 14.8. The van der Waals surface area contributed by atoms with Crippen molar-refractivity contribution in [1.82, 2.24) is 4.31 Å². The van der Waals surface area contributed by atoms with Crippen LogP contribution in [-0.2, 0) is 10.0 Å². The SMILES string of the molecule is CC(C)CCCN1C(=O)c2cc(I)ccc2S1(=O)=O. The molecule has 1 aromatic rings. The minimum absolute atomic E-state index is 0.141. The van der Waals surface area contributed by atoms with Gasteiger partial charge in [-0.3, -0.25) is 4.79 Å². The van der Waals surface area contributed by atoms with Crippen LogP contribution in [0.2, 0.25) is 0 Å². The molecule has 0 aliphatic carbocycles. The average molecular weight is 393 g/mol. The van der Waals surface area contributed by atoms with Crippen LogP contribution in [-0.4, -0.2) is 25.2 Å². The Hall–Kier alpha value is -0.630. The molecule has 0 unspecified atom stereocenters. The van der Waals surface area contributed by atoms with E-state index in [0.717, 1.165) is 14.3 Å². The van der Waals surface area contributed by atoms with Gasteiger partial charge >= 0.3 is 0 Å². The third-order valence-corrected chi connectivity index (χ3v) is 5.62. The zero-order valence-corrected chi connectivity index (χ0v) is 13.9. The summed E-state index contributed by atoms with van der Waals surface area (Å²) >= 11 is 2.07. The molecule has 1 aliphatic heterocycles. The topological polar surface area (TPSA) is 54.5 Å². The summed E-state index contributed by atoms with van der Waals surface area (Å²) in [7, 11) is -3.63. The molecule has 0 atom stereocenters. The summed E-state index contributed by atoms with van der Waals surface area (Å²) in [6.45, 7) is 4.43. The Balaban J connectivity index is 2.28. The molecule has 0 N–H and O–H groups in total. The normalized spacial score (nSPS) is 17.1. The molecular weight excluding hydrogens is 377 g/mol. The van der Waals surface area contributed by atoms with E-state index in [1.807, 2.05) is 0 Å². The summed E-state index contributed by atoms with van der Waals surface area (Å²) in [5.74, 6) is 0.112. The van der Waals surface area contributed by atoms with Crippen LogP contribution in [0.1, 0.15) is 37.0 Å². The summed E-state index contributed by atoms with van der Waals surface area (Å²) in [4.78, 5) is 12.3. The van der Waals surface area contributed by atoms with Gasteiger partial charge in [-0.15, -0.1) is 0 Å². The van der Waals surface area contributed by atoms with Gasteiger partial charge in [-0.2, -0.15) is 0 Å². The van der Waals surface area contributed by atoms with Crippen molar-refractivity contribution in [3.8, 4) is 0 Å². The standard InChI is InChI=1S/C13H16INO3S/c1-9(2)4-3-7-15-13(16)11-8-10(14)5-6-12(11)19(15,17)18/h5-6,8-9H,3-4,7H2,1-2H3. The van der Waals surface area contributed by atoms with Crippen LogP contribution in [0.25, 0.3) is 0 Å². The van der Waals surface area contributed by atoms with E-state index in [-0.39, 0.29) is 11.4 Å². The fourth-order valence-electron chi connectivity index (χ4n) is 2.12. The molecule has 0 saturated heterocycles. The molecule has 19 heavy (non-hydrogen) atoms. The van der Waals surface area contributed by atoms with Crippen molar-refractivity contribution >= 4 is 38.5 Å². The first-order valence-electron chi connectivity index (χ1n) is 6.20. The van der Waals surface area contributed by atoms with E-state index < -0.39 is 15.9 Å². The Morgan fingerprint density at radius 3 is 2.63 bits per heavy atom. The third-order valence-electron chi connectivity index (χ3n) is 3.11. The number of carbonyl (C=O) groups excluding carboxylic acids is 1. The molecule has 0 fully saturated rings. The molecule has 2 rings (SSSR count). The second-order valence-electron chi connectivity index (χ2n) is 5.06. The van der Waals surface area contributed by atoms with Crippen LogP contribution < -0.4 is 0 Å². The zero-order valence-electron chi connectivity index (χ0n) is 10.9. The molecular formula is C13H16INO3S. The first-order chi connectivity index (χ1) is 8.84. The third kappa shape index (κ3) is 2.79. The molecule has 1 aliphatic rings. The number of hydrogen-bond donors (Lipinski definition) is 0.